The highest BCUT2D eigenvalue weighted by molar-refractivity contribution is 6.30. The van der Waals surface area contributed by atoms with Gasteiger partial charge in [0.1, 0.15) is 11.7 Å². The van der Waals surface area contributed by atoms with Gasteiger partial charge in [0.25, 0.3) is 0 Å². The number of rotatable bonds is 4. The van der Waals surface area contributed by atoms with E-state index in [0.717, 1.165) is 42.3 Å². The topological polar surface area (TPSA) is 32.3 Å². The van der Waals surface area contributed by atoms with Crippen LogP contribution in [-0.4, -0.2) is 22.9 Å². The summed E-state index contributed by atoms with van der Waals surface area (Å²) < 4.78 is 0. The molecular weight excluding hydrogens is 272 g/mol. The van der Waals surface area contributed by atoms with Crippen LogP contribution in [0.3, 0.4) is 0 Å². The van der Waals surface area contributed by atoms with Crippen LogP contribution in [0.15, 0.2) is 24.3 Å². The van der Waals surface area contributed by atoms with E-state index in [1.54, 1.807) is 0 Å². The minimum Gasteiger partial charge on any atom is -0.321 e. The molecule has 3 aliphatic rings. The first-order valence-electron chi connectivity index (χ1n) is 7.52. The fourth-order valence-electron chi connectivity index (χ4n) is 3.14. The molecule has 1 spiro atoms. The standard InChI is InChI=1S/C16H19ClN2O/c17-13-5-3-12(4-6-13)14-18-16(8-9-16)15(20)19(14)10-7-11-1-2-11/h3-6,11,14,18H,1-2,7-10H2. The Hall–Kier alpha value is -1.06. The number of carbonyl (C=O) groups is 1. The fourth-order valence-corrected chi connectivity index (χ4v) is 3.27. The van der Waals surface area contributed by atoms with Crippen molar-refractivity contribution >= 4 is 17.5 Å². The normalized spacial score (nSPS) is 27.4. The summed E-state index contributed by atoms with van der Waals surface area (Å²) in [5, 5.41) is 4.29. The van der Waals surface area contributed by atoms with E-state index < -0.39 is 0 Å². The molecule has 1 heterocycles. The summed E-state index contributed by atoms with van der Waals surface area (Å²) in [4.78, 5) is 14.7. The number of hydrogen-bond acceptors (Lipinski definition) is 2. The second-order valence-corrected chi connectivity index (χ2v) is 6.85. The summed E-state index contributed by atoms with van der Waals surface area (Å²) in [6.07, 6.45) is 5.82. The lowest BCUT2D eigenvalue weighted by Crippen LogP contribution is -2.33. The van der Waals surface area contributed by atoms with Gasteiger partial charge in [0.15, 0.2) is 0 Å². The van der Waals surface area contributed by atoms with Gasteiger partial charge >= 0.3 is 0 Å². The van der Waals surface area contributed by atoms with Gasteiger partial charge in [-0.3, -0.25) is 10.1 Å². The van der Waals surface area contributed by atoms with Crippen molar-refractivity contribution in [1.82, 2.24) is 10.2 Å². The molecule has 4 rings (SSSR count). The van der Waals surface area contributed by atoms with Crippen molar-refractivity contribution in [3.05, 3.63) is 34.9 Å². The van der Waals surface area contributed by atoms with E-state index in [4.69, 9.17) is 11.6 Å². The second kappa shape index (κ2) is 4.47. The Morgan fingerprint density at radius 1 is 1.25 bits per heavy atom. The summed E-state index contributed by atoms with van der Waals surface area (Å²) in [6, 6.07) is 7.86. The molecular formula is C16H19ClN2O. The van der Waals surface area contributed by atoms with Gasteiger partial charge in [-0.05, 0) is 42.9 Å². The predicted molar refractivity (Wildman–Crippen MR) is 78.3 cm³/mol. The van der Waals surface area contributed by atoms with Crippen molar-refractivity contribution in [3.63, 3.8) is 0 Å². The maximum absolute atomic E-state index is 12.6. The highest BCUT2D eigenvalue weighted by atomic mass is 35.5. The van der Waals surface area contributed by atoms with Crippen molar-refractivity contribution in [2.24, 2.45) is 5.92 Å². The zero-order valence-electron chi connectivity index (χ0n) is 11.4. The molecule has 1 saturated heterocycles. The smallest absolute Gasteiger partial charge is 0.244 e. The molecule has 3 nitrogen and oxygen atoms in total. The van der Waals surface area contributed by atoms with E-state index in [-0.39, 0.29) is 11.7 Å². The molecule has 1 unspecified atom stereocenters. The number of hydrogen-bond donors (Lipinski definition) is 1. The Labute approximate surface area is 124 Å². The fraction of sp³-hybridized carbons (Fsp3) is 0.562. The Kier molecular flexibility index (Phi) is 2.83. The molecule has 1 aliphatic heterocycles. The Bertz CT molecular complexity index is 534. The molecule has 20 heavy (non-hydrogen) atoms. The highest BCUT2D eigenvalue weighted by Gasteiger charge is 2.59. The first-order chi connectivity index (χ1) is 9.68. The highest BCUT2D eigenvalue weighted by Crippen LogP contribution is 2.46. The van der Waals surface area contributed by atoms with E-state index in [2.05, 4.69) is 10.2 Å². The molecule has 2 aliphatic carbocycles. The van der Waals surface area contributed by atoms with Gasteiger partial charge in [0.2, 0.25) is 5.91 Å². The maximum atomic E-state index is 12.6. The Balaban J connectivity index is 1.57. The molecule has 1 atom stereocenters. The van der Waals surface area contributed by atoms with E-state index >= 15 is 0 Å². The molecule has 1 N–H and O–H groups in total. The van der Waals surface area contributed by atoms with Crippen LogP contribution >= 0.6 is 11.6 Å². The monoisotopic (exact) mass is 290 g/mol. The van der Waals surface area contributed by atoms with E-state index in [1.165, 1.54) is 12.8 Å². The quantitative estimate of drug-likeness (QED) is 0.924. The number of nitrogens with zero attached hydrogens (tertiary/aromatic N) is 1. The summed E-state index contributed by atoms with van der Waals surface area (Å²) in [5.41, 5.74) is 0.899. The number of benzene rings is 1. The largest absolute Gasteiger partial charge is 0.321 e. The Morgan fingerprint density at radius 2 is 1.95 bits per heavy atom. The van der Waals surface area contributed by atoms with Crippen LogP contribution in [-0.2, 0) is 4.79 Å². The third-order valence-electron chi connectivity index (χ3n) is 4.81. The molecule has 0 radical (unpaired) electrons. The first kappa shape index (κ1) is 12.7. The molecule has 1 aromatic carbocycles. The van der Waals surface area contributed by atoms with Crippen LogP contribution in [0.5, 0.6) is 0 Å². The number of carbonyl (C=O) groups excluding carboxylic acids is 1. The van der Waals surface area contributed by atoms with Crippen LogP contribution in [0.25, 0.3) is 0 Å². The van der Waals surface area contributed by atoms with Crippen LogP contribution in [0, 0.1) is 5.92 Å². The third kappa shape index (κ3) is 2.13. The molecule has 1 amide bonds. The lowest BCUT2D eigenvalue weighted by molar-refractivity contribution is -0.131. The van der Waals surface area contributed by atoms with Crippen LogP contribution in [0.1, 0.15) is 43.8 Å². The maximum Gasteiger partial charge on any atom is 0.244 e. The summed E-state index contributed by atoms with van der Waals surface area (Å²) in [6.45, 7) is 0.880. The lowest BCUT2D eigenvalue weighted by atomic mass is 10.1. The van der Waals surface area contributed by atoms with Gasteiger partial charge in [-0.1, -0.05) is 36.6 Å². The average molecular weight is 291 g/mol. The minimum atomic E-state index is -0.242. The molecule has 0 bridgehead atoms. The Morgan fingerprint density at radius 3 is 2.55 bits per heavy atom. The molecule has 106 valence electrons. The van der Waals surface area contributed by atoms with Crippen molar-refractivity contribution in [2.45, 2.75) is 43.8 Å². The van der Waals surface area contributed by atoms with Gasteiger partial charge < -0.3 is 4.90 Å². The van der Waals surface area contributed by atoms with Crippen molar-refractivity contribution in [2.75, 3.05) is 6.54 Å². The SMILES string of the molecule is O=C1N(CCC2CC2)C(c2ccc(Cl)cc2)NC12CC2. The van der Waals surface area contributed by atoms with Crippen LogP contribution in [0.2, 0.25) is 5.02 Å². The number of amides is 1. The summed E-state index contributed by atoms with van der Waals surface area (Å²) in [7, 11) is 0. The number of halogens is 1. The van der Waals surface area contributed by atoms with Gasteiger partial charge in [-0.2, -0.15) is 0 Å². The van der Waals surface area contributed by atoms with Gasteiger partial charge in [0.05, 0.1) is 0 Å². The van der Waals surface area contributed by atoms with Crippen LogP contribution in [0.4, 0.5) is 0 Å². The predicted octanol–water partition coefficient (Wildman–Crippen LogP) is 3.10. The van der Waals surface area contributed by atoms with E-state index in [0.29, 0.717) is 5.91 Å². The average Bonchev–Trinajstić information content (AvgIpc) is 3.33. The van der Waals surface area contributed by atoms with E-state index in [1.807, 2.05) is 24.3 Å². The van der Waals surface area contributed by atoms with Gasteiger partial charge in [-0.15, -0.1) is 0 Å². The van der Waals surface area contributed by atoms with Crippen molar-refractivity contribution in [1.29, 1.82) is 0 Å². The van der Waals surface area contributed by atoms with Gasteiger partial charge in [-0.25, -0.2) is 0 Å². The van der Waals surface area contributed by atoms with E-state index in [9.17, 15) is 4.79 Å². The molecule has 2 saturated carbocycles. The van der Waals surface area contributed by atoms with Crippen molar-refractivity contribution in [3.8, 4) is 0 Å². The zero-order chi connectivity index (χ0) is 13.7. The van der Waals surface area contributed by atoms with Gasteiger partial charge in [0, 0.05) is 11.6 Å². The lowest BCUT2D eigenvalue weighted by Gasteiger charge is -2.24. The molecule has 4 heteroatoms. The third-order valence-corrected chi connectivity index (χ3v) is 5.06. The molecule has 0 aromatic heterocycles. The molecule has 3 fully saturated rings. The summed E-state index contributed by atoms with van der Waals surface area (Å²) >= 11 is 5.96. The van der Waals surface area contributed by atoms with Crippen LogP contribution < -0.4 is 5.32 Å². The number of nitrogens with one attached hydrogen (secondary N) is 1. The minimum absolute atomic E-state index is 0.0287. The zero-order valence-corrected chi connectivity index (χ0v) is 12.2. The first-order valence-corrected chi connectivity index (χ1v) is 7.90. The summed E-state index contributed by atoms with van der Waals surface area (Å²) in [5.74, 6) is 1.16. The van der Waals surface area contributed by atoms with Crippen molar-refractivity contribution < 1.29 is 4.79 Å². The molecule has 1 aromatic rings. The second-order valence-electron chi connectivity index (χ2n) is 6.41.